The molecular weight excluding hydrogens is 224 g/mol. The van der Waals surface area contributed by atoms with Gasteiger partial charge in [-0.3, -0.25) is 4.99 Å². The first-order chi connectivity index (χ1) is 8.16. The van der Waals surface area contributed by atoms with Gasteiger partial charge in [0, 0.05) is 11.8 Å². The molecule has 3 nitrogen and oxygen atoms in total. The number of aldehydes is 1. The van der Waals surface area contributed by atoms with E-state index in [-0.39, 0.29) is 16.9 Å². The summed E-state index contributed by atoms with van der Waals surface area (Å²) >= 11 is 0. The highest BCUT2D eigenvalue weighted by molar-refractivity contribution is 5.79. The lowest BCUT2D eigenvalue weighted by atomic mass is 9.83. The van der Waals surface area contributed by atoms with Crippen molar-refractivity contribution in [3.8, 4) is 0 Å². The molecular formula is C15H22N2O. The van der Waals surface area contributed by atoms with Crippen LogP contribution in [0.5, 0.6) is 0 Å². The van der Waals surface area contributed by atoms with Crippen molar-refractivity contribution in [1.82, 2.24) is 4.98 Å². The number of nitrogens with one attached hydrogen (secondary N) is 1. The van der Waals surface area contributed by atoms with Crippen LogP contribution in [0.25, 0.3) is 5.57 Å². The smallest absolute Gasteiger partial charge is 0.148 e. The van der Waals surface area contributed by atoms with Crippen LogP contribution in [-0.4, -0.2) is 17.3 Å². The van der Waals surface area contributed by atoms with Crippen molar-refractivity contribution in [3.05, 3.63) is 22.5 Å². The minimum atomic E-state index is -0.325. The van der Waals surface area contributed by atoms with Crippen molar-refractivity contribution >= 4 is 11.9 Å². The van der Waals surface area contributed by atoms with Crippen LogP contribution in [0.2, 0.25) is 0 Å². The van der Waals surface area contributed by atoms with Crippen molar-refractivity contribution in [1.29, 1.82) is 0 Å². The molecule has 0 saturated carbocycles. The molecule has 1 atom stereocenters. The zero-order valence-electron chi connectivity index (χ0n) is 12.1. The van der Waals surface area contributed by atoms with Crippen molar-refractivity contribution in [2.75, 3.05) is 0 Å². The second kappa shape index (κ2) is 3.81. The van der Waals surface area contributed by atoms with E-state index in [1.54, 1.807) is 0 Å². The molecule has 1 unspecified atom stereocenters. The molecule has 1 aromatic rings. The lowest BCUT2D eigenvalue weighted by molar-refractivity contribution is -0.108. The molecule has 0 amide bonds. The van der Waals surface area contributed by atoms with E-state index in [1.165, 1.54) is 5.56 Å². The van der Waals surface area contributed by atoms with Gasteiger partial charge in [0.2, 0.25) is 0 Å². The lowest BCUT2D eigenvalue weighted by Crippen LogP contribution is -2.31. The first-order valence-corrected chi connectivity index (χ1v) is 6.42. The van der Waals surface area contributed by atoms with Gasteiger partial charge in [-0.15, -0.1) is 0 Å². The molecule has 18 heavy (non-hydrogen) atoms. The molecule has 3 heteroatoms. The normalized spacial score (nSPS) is 19.7. The fourth-order valence-corrected chi connectivity index (χ4v) is 2.60. The summed E-state index contributed by atoms with van der Waals surface area (Å²) in [5, 5.41) is 2.02. The van der Waals surface area contributed by atoms with Crippen LogP contribution in [0, 0.1) is 5.41 Å². The number of rotatable bonds is 1. The zero-order valence-corrected chi connectivity index (χ0v) is 12.1. The van der Waals surface area contributed by atoms with Crippen molar-refractivity contribution in [2.24, 2.45) is 10.4 Å². The second-order valence-corrected chi connectivity index (χ2v) is 7.05. The van der Waals surface area contributed by atoms with Gasteiger partial charge in [-0.1, -0.05) is 41.5 Å². The largest absolute Gasteiger partial charge is 0.360 e. The highest BCUT2D eigenvalue weighted by Gasteiger charge is 2.32. The van der Waals surface area contributed by atoms with E-state index in [1.807, 2.05) is 6.20 Å². The molecule has 0 bridgehead atoms. The number of carbonyl (C=O) groups excluding carboxylic acids is 1. The average Bonchev–Trinajstić information content (AvgIpc) is 2.69. The van der Waals surface area contributed by atoms with E-state index in [4.69, 9.17) is 0 Å². The molecule has 2 heterocycles. The maximum atomic E-state index is 11.3. The Bertz CT molecular complexity index is 594. The summed E-state index contributed by atoms with van der Waals surface area (Å²) in [6.07, 6.45) is 2.97. The first kappa shape index (κ1) is 13.1. The highest BCUT2D eigenvalue weighted by atomic mass is 16.1. The van der Waals surface area contributed by atoms with E-state index in [9.17, 15) is 4.79 Å². The molecule has 1 aliphatic rings. The molecule has 0 fully saturated rings. The molecule has 0 radical (unpaired) electrons. The van der Waals surface area contributed by atoms with Gasteiger partial charge in [0.25, 0.3) is 0 Å². The fourth-order valence-electron chi connectivity index (χ4n) is 2.60. The number of H-pyrrole nitrogens is 1. The monoisotopic (exact) mass is 246 g/mol. The van der Waals surface area contributed by atoms with Gasteiger partial charge >= 0.3 is 0 Å². The molecule has 0 saturated heterocycles. The summed E-state index contributed by atoms with van der Waals surface area (Å²) in [7, 11) is 0. The van der Waals surface area contributed by atoms with Gasteiger partial charge in [-0.25, -0.2) is 0 Å². The first-order valence-electron chi connectivity index (χ1n) is 6.42. The Labute approximate surface area is 108 Å². The number of hydrogen-bond donors (Lipinski definition) is 1. The summed E-state index contributed by atoms with van der Waals surface area (Å²) < 4.78 is 0. The third-order valence-electron chi connectivity index (χ3n) is 3.43. The topological polar surface area (TPSA) is 45.2 Å². The third-order valence-corrected chi connectivity index (χ3v) is 3.43. The molecule has 2 rings (SSSR count). The Morgan fingerprint density at radius 2 is 1.78 bits per heavy atom. The van der Waals surface area contributed by atoms with Crippen LogP contribution in [0.1, 0.15) is 47.1 Å². The average molecular weight is 246 g/mol. The summed E-state index contributed by atoms with van der Waals surface area (Å²) in [5.74, 6) is 0. The summed E-state index contributed by atoms with van der Waals surface area (Å²) in [5.41, 5.74) is 2.26. The zero-order chi connectivity index (χ0) is 13.7. The van der Waals surface area contributed by atoms with E-state index in [2.05, 4.69) is 51.5 Å². The van der Waals surface area contributed by atoms with Gasteiger partial charge < -0.3 is 9.78 Å². The second-order valence-electron chi connectivity index (χ2n) is 7.05. The molecule has 1 N–H and O–H groups in total. The van der Waals surface area contributed by atoms with Crippen LogP contribution in [0.4, 0.5) is 0 Å². The van der Waals surface area contributed by atoms with Crippen LogP contribution in [0.15, 0.2) is 11.2 Å². The number of hydrogen-bond acceptors (Lipinski definition) is 2. The van der Waals surface area contributed by atoms with Gasteiger partial charge in [-0.2, -0.15) is 0 Å². The maximum Gasteiger partial charge on any atom is 0.148 e. The predicted molar refractivity (Wildman–Crippen MR) is 73.0 cm³/mol. The Balaban J connectivity index is 2.79. The van der Waals surface area contributed by atoms with E-state index in [0.29, 0.717) is 0 Å². The molecule has 0 aromatic carbocycles. The third kappa shape index (κ3) is 1.92. The van der Waals surface area contributed by atoms with Crippen LogP contribution in [-0.2, 0) is 10.2 Å². The predicted octanol–water partition coefficient (Wildman–Crippen LogP) is 1.71. The van der Waals surface area contributed by atoms with Crippen molar-refractivity contribution in [2.45, 2.75) is 53.0 Å². The van der Waals surface area contributed by atoms with Gasteiger partial charge in [0.15, 0.2) is 0 Å². The Morgan fingerprint density at radius 1 is 1.17 bits per heavy atom. The van der Waals surface area contributed by atoms with Gasteiger partial charge in [0.05, 0.1) is 10.7 Å². The molecule has 1 aliphatic heterocycles. The standard InChI is InChI=1S/C15H22N2O/c1-14(2,3)9-7-16-13-11(15(4,5)6)10(8-18)17-12(9)13/h7-8,10,16H,1-6H3. The van der Waals surface area contributed by atoms with E-state index < -0.39 is 0 Å². The SMILES string of the molecule is CC(C)(C)C1=c2[nH]cc(C(C)(C)C)c2=NC1C=O. The Kier molecular flexibility index (Phi) is 2.76. The minimum Gasteiger partial charge on any atom is -0.360 e. The van der Waals surface area contributed by atoms with Crippen LogP contribution >= 0.6 is 0 Å². The Morgan fingerprint density at radius 3 is 2.22 bits per heavy atom. The number of fused-ring (bicyclic) bond motifs is 1. The van der Waals surface area contributed by atoms with Crippen molar-refractivity contribution in [3.63, 3.8) is 0 Å². The molecule has 0 spiro atoms. The summed E-state index contributed by atoms with van der Waals surface area (Å²) in [6.45, 7) is 12.9. The number of aromatic nitrogens is 1. The quantitative estimate of drug-likeness (QED) is 0.753. The maximum absolute atomic E-state index is 11.3. The number of carbonyl (C=O) groups is 1. The molecule has 0 aliphatic carbocycles. The molecule has 1 aromatic heterocycles. The summed E-state index contributed by atoms with van der Waals surface area (Å²) in [4.78, 5) is 19.2. The van der Waals surface area contributed by atoms with Crippen LogP contribution < -0.4 is 10.7 Å². The lowest BCUT2D eigenvalue weighted by Gasteiger charge is -2.22. The van der Waals surface area contributed by atoms with Gasteiger partial charge in [0.1, 0.15) is 12.3 Å². The van der Waals surface area contributed by atoms with E-state index in [0.717, 1.165) is 22.6 Å². The van der Waals surface area contributed by atoms with Gasteiger partial charge in [-0.05, 0) is 16.4 Å². The fraction of sp³-hybridized carbons (Fsp3) is 0.600. The van der Waals surface area contributed by atoms with Crippen molar-refractivity contribution < 1.29 is 4.79 Å². The van der Waals surface area contributed by atoms with E-state index >= 15 is 0 Å². The molecule has 98 valence electrons. The number of aromatic amines is 1. The number of nitrogens with zero attached hydrogens (tertiary/aromatic N) is 1. The highest BCUT2D eigenvalue weighted by Crippen LogP contribution is 2.30. The Hall–Kier alpha value is -1.38. The van der Waals surface area contributed by atoms with Crippen LogP contribution in [0.3, 0.4) is 0 Å². The summed E-state index contributed by atoms with van der Waals surface area (Å²) in [6, 6.07) is -0.325. The minimum absolute atomic E-state index is 0.0361.